The van der Waals surface area contributed by atoms with Gasteiger partial charge in [-0.2, -0.15) is 0 Å². The number of fused-ring (bicyclic) bond motifs is 1. The number of likely N-dealkylation sites (N-methyl/N-ethyl adjacent to an activating group) is 1. The van der Waals surface area contributed by atoms with Crippen molar-refractivity contribution < 1.29 is 9.90 Å². The molecule has 0 radical (unpaired) electrons. The molecule has 3 rings (SSSR count). The van der Waals surface area contributed by atoms with Gasteiger partial charge in [-0.3, -0.25) is 9.78 Å². The normalized spacial score (nSPS) is 11.4. The summed E-state index contributed by atoms with van der Waals surface area (Å²) in [6, 6.07) is 14.6. The fourth-order valence-electron chi connectivity index (χ4n) is 2.78. The molecular formula is C22H24N4O2. The van der Waals surface area contributed by atoms with Crippen molar-refractivity contribution in [1.29, 1.82) is 0 Å². The van der Waals surface area contributed by atoms with Crippen LogP contribution in [-0.2, 0) is 11.3 Å². The summed E-state index contributed by atoms with van der Waals surface area (Å²) in [5.74, 6) is 0.0830. The molecule has 0 spiro atoms. The van der Waals surface area contributed by atoms with E-state index in [0.29, 0.717) is 18.8 Å². The van der Waals surface area contributed by atoms with Gasteiger partial charge in [0.05, 0.1) is 22.9 Å². The number of carbonyl (C=O) groups is 1. The van der Waals surface area contributed by atoms with E-state index < -0.39 is 0 Å². The van der Waals surface area contributed by atoms with Crippen molar-refractivity contribution in [1.82, 2.24) is 19.8 Å². The molecule has 0 atom stereocenters. The summed E-state index contributed by atoms with van der Waals surface area (Å²) in [6.45, 7) is 1.75. The van der Waals surface area contributed by atoms with Crippen molar-refractivity contribution in [2.75, 3.05) is 27.2 Å². The Hall–Kier alpha value is -3.25. The molecule has 6 nitrogen and oxygen atoms in total. The number of benzene rings is 2. The van der Waals surface area contributed by atoms with Crippen LogP contribution in [0.5, 0.6) is 5.75 Å². The molecule has 28 heavy (non-hydrogen) atoms. The van der Waals surface area contributed by atoms with Crippen LogP contribution in [0.1, 0.15) is 11.3 Å². The Balaban J connectivity index is 1.75. The lowest BCUT2D eigenvalue weighted by molar-refractivity contribution is -0.126. The largest absolute Gasteiger partial charge is 0.508 e. The van der Waals surface area contributed by atoms with Crippen molar-refractivity contribution in [3.8, 4) is 5.75 Å². The molecule has 0 aliphatic rings. The molecule has 0 aliphatic heterocycles. The number of hydrogen-bond donors (Lipinski definition) is 1. The molecule has 144 valence electrons. The van der Waals surface area contributed by atoms with Gasteiger partial charge in [0.15, 0.2) is 0 Å². The van der Waals surface area contributed by atoms with Gasteiger partial charge in [-0.1, -0.05) is 24.3 Å². The Morgan fingerprint density at radius 3 is 2.61 bits per heavy atom. The van der Waals surface area contributed by atoms with Crippen LogP contribution in [0.4, 0.5) is 0 Å². The highest BCUT2D eigenvalue weighted by molar-refractivity contribution is 5.91. The van der Waals surface area contributed by atoms with E-state index >= 15 is 0 Å². The van der Waals surface area contributed by atoms with Crippen LogP contribution in [0, 0.1) is 0 Å². The molecule has 1 heterocycles. The Kier molecular flexibility index (Phi) is 6.34. The standard InChI is InChI=1S/C22H24N4O2/c1-25(2)12-13-26(16-17-6-5-7-19(27)14-17)22(28)11-10-18-15-23-20-8-3-4-9-21(20)24-18/h3-11,14-15,27H,12-13,16H2,1-2H3. The van der Waals surface area contributed by atoms with Crippen LogP contribution in [0.2, 0.25) is 0 Å². The quantitative estimate of drug-likeness (QED) is 0.642. The number of para-hydroxylation sites is 2. The highest BCUT2D eigenvalue weighted by Gasteiger charge is 2.12. The zero-order chi connectivity index (χ0) is 19.9. The summed E-state index contributed by atoms with van der Waals surface area (Å²) in [6.07, 6.45) is 4.87. The third-order valence-corrected chi connectivity index (χ3v) is 4.28. The zero-order valence-electron chi connectivity index (χ0n) is 16.1. The van der Waals surface area contributed by atoms with Crippen molar-refractivity contribution in [2.24, 2.45) is 0 Å². The second kappa shape index (κ2) is 9.10. The van der Waals surface area contributed by atoms with Gasteiger partial charge in [-0.25, -0.2) is 4.98 Å². The maximum Gasteiger partial charge on any atom is 0.246 e. The molecule has 1 aromatic heterocycles. The van der Waals surface area contributed by atoms with Gasteiger partial charge < -0.3 is 14.9 Å². The van der Waals surface area contributed by atoms with Gasteiger partial charge in [0.2, 0.25) is 5.91 Å². The number of carbonyl (C=O) groups excluding carboxylic acids is 1. The number of amides is 1. The summed E-state index contributed by atoms with van der Waals surface area (Å²) < 4.78 is 0. The maximum atomic E-state index is 12.8. The first-order valence-corrected chi connectivity index (χ1v) is 9.13. The minimum atomic E-state index is -0.111. The Labute approximate surface area is 164 Å². The number of hydrogen-bond acceptors (Lipinski definition) is 5. The summed E-state index contributed by atoms with van der Waals surface area (Å²) in [7, 11) is 3.94. The maximum absolute atomic E-state index is 12.8. The van der Waals surface area contributed by atoms with Crippen molar-refractivity contribution in [3.63, 3.8) is 0 Å². The van der Waals surface area contributed by atoms with E-state index in [1.54, 1.807) is 35.4 Å². The topological polar surface area (TPSA) is 69.6 Å². The number of nitrogens with zero attached hydrogens (tertiary/aromatic N) is 4. The lowest BCUT2D eigenvalue weighted by Gasteiger charge is -2.23. The molecule has 1 N–H and O–H groups in total. The summed E-state index contributed by atoms with van der Waals surface area (Å²) in [4.78, 5) is 25.5. The molecule has 0 saturated carbocycles. The predicted molar refractivity (Wildman–Crippen MR) is 111 cm³/mol. The fourth-order valence-corrected chi connectivity index (χ4v) is 2.78. The van der Waals surface area contributed by atoms with Crippen LogP contribution >= 0.6 is 0 Å². The minimum Gasteiger partial charge on any atom is -0.508 e. The van der Waals surface area contributed by atoms with E-state index in [4.69, 9.17) is 0 Å². The number of phenolic OH excluding ortho intramolecular Hbond substituents is 1. The van der Waals surface area contributed by atoms with E-state index in [0.717, 1.165) is 23.1 Å². The van der Waals surface area contributed by atoms with Crippen LogP contribution < -0.4 is 0 Å². The van der Waals surface area contributed by atoms with E-state index in [-0.39, 0.29) is 11.7 Å². The third-order valence-electron chi connectivity index (χ3n) is 4.28. The SMILES string of the molecule is CN(C)CCN(Cc1cccc(O)c1)C(=O)C=Cc1cnc2ccccc2n1. The van der Waals surface area contributed by atoms with E-state index in [1.807, 2.05) is 49.3 Å². The van der Waals surface area contributed by atoms with Gasteiger partial charge in [-0.15, -0.1) is 0 Å². The summed E-state index contributed by atoms with van der Waals surface area (Å²) in [5, 5.41) is 9.68. The van der Waals surface area contributed by atoms with Gasteiger partial charge in [0, 0.05) is 25.7 Å². The number of aromatic nitrogens is 2. The smallest absolute Gasteiger partial charge is 0.246 e. The molecule has 1 amide bonds. The highest BCUT2D eigenvalue weighted by Crippen LogP contribution is 2.14. The van der Waals surface area contributed by atoms with E-state index in [9.17, 15) is 9.90 Å². The molecule has 0 unspecified atom stereocenters. The molecular weight excluding hydrogens is 352 g/mol. The van der Waals surface area contributed by atoms with Gasteiger partial charge >= 0.3 is 0 Å². The average molecular weight is 376 g/mol. The first-order chi connectivity index (χ1) is 13.5. The molecule has 0 bridgehead atoms. The van der Waals surface area contributed by atoms with E-state index in [1.165, 1.54) is 6.08 Å². The second-order valence-electron chi connectivity index (χ2n) is 6.85. The van der Waals surface area contributed by atoms with Gasteiger partial charge in [0.1, 0.15) is 5.75 Å². The van der Waals surface area contributed by atoms with Crippen LogP contribution in [0.15, 0.2) is 60.8 Å². The van der Waals surface area contributed by atoms with Gasteiger partial charge in [-0.05, 0) is 50.0 Å². The van der Waals surface area contributed by atoms with E-state index in [2.05, 4.69) is 9.97 Å². The third kappa shape index (κ3) is 5.37. The second-order valence-corrected chi connectivity index (χ2v) is 6.85. The number of phenols is 1. The number of rotatable bonds is 7. The first-order valence-electron chi connectivity index (χ1n) is 9.13. The highest BCUT2D eigenvalue weighted by atomic mass is 16.3. The van der Waals surface area contributed by atoms with Crippen molar-refractivity contribution >= 4 is 23.0 Å². The first kappa shape index (κ1) is 19.5. The molecule has 0 aliphatic carbocycles. The molecule has 2 aromatic carbocycles. The molecule has 3 aromatic rings. The molecule has 0 saturated heterocycles. The Morgan fingerprint density at radius 2 is 1.86 bits per heavy atom. The van der Waals surface area contributed by atoms with Crippen LogP contribution in [0.3, 0.4) is 0 Å². The van der Waals surface area contributed by atoms with Crippen molar-refractivity contribution in [3.05, 3.63) is 72.1 Å². The summed E-state index contributed by atoms with van der Waals surface area (Å²) >= 11 is 0. The monoisotopic (exact) mass is 376 g/mol. The fraction of sp³-hybridized carbons (Fsp3) is 0.227. The number of aromatic hydroxyl groups is 1. The van der Waals surface area contributed by atoms with Crippen LogP contribution in [-0.4, -0.2) is 58.0 Å². The predicted octanol–water partition coefficient (Wildman–Crippen LogP) is 2.94. The van der Waals surface area contributed by atoms with Crippen molar-refractivity contribution in [2.45, 2.75) is 6.54 Å². The summed E-state index contributed by atoms with van der Waals surface area (Å²) in [5.41, 5.74) is 3.13. The lowest BCUT2D eigenvalue weighted by Crippen LogP contribution is -2.35. The lowest BCUT2D eigenvalue weighted by atomic mass is 10.2. The van der Waals surface area contributed by atoms with Gasteiger partial charge in [0.25, 0.3) is 0 Å². The zero-order valence-corrected chi connectivity index (χ0v) is 16.1. The Bertz CT molecular complexity index is 985. The molecule has 0 fully saturated rings. The molecule has 6 heteroatoms. The Morgan fingerprint density at radius 1 is 1.07 bits per heavy atom. The van der Waals surface area contributed by atoms with Crippen LogP contribution in [0.25, 0.3) is 17.1 Å². The average Bonchev–Trinajstić information content (AvgIpc) is 2.69. The minimum absolute atomic E-state index is 0.111.